The maximum Gasteiger partial charge on any atom is 0.253 e. The van der Waals surface area contributed by atoms with Gasteiger partial charge in [-0.3, -0.25) is 4.79 Å². The molecule has 1 rings (SSSR count). The first-order valence-electron chi connectivity index (χ1n) is 6.56. The molecule has 1 aromatic carbocycles. The molecule has 0 bridgehead atoms. The van der Waals surface area contributed by atoms with E-state index in [0.29, 0.717) is 29.9 Å². The number of rotatable bonds is 6. The molecule has 0 heterocycles. The highest BCUT2D eigenvalue weighted by Crippen LogP contribution is 2.21. The molecule has 0 saturated heterocycles. The van der Waals surface area contributed by atoms with Gasteiger partial charge in [-0.2, -0.15) is 0 Å². The Morgan fingerprint density at radius 1 is 1.42 bits per heavy atom. The molecule has 0 spiro atoms. The number of nitrogens with one attached hydrogen (secondary N) is 2. The smallest absolute Gasteiger partial charge is 0.253 e. The van der Waals surface area contributed by atoms with Crippen molar-refractivity contribution in [1.29, 1.82) is 0 Å². The minimum absolute atomic E-state index is 0.0509. The Balaban J connectivity index is 2.91. The second-order valence-electron chi connectivity index (χ2n) is 4.79. The summed E-state index contributed by atoms with van der Waals surface area (Å²) in [6, 6.07) is 5.20. The zero-order valence-electron chi connectivity index (χ0n) is 11.7. The van der Waals surface area contributed by atoms with E-state index in [1.807, 2.05) is 13.8 Å². The lowest BCUT2D eigenvalue weighted by molar-refractivity contribution is 0.0956. The Morgan fingerprint density at radius 2 is 2.11 bits per heavy atom. The highest BCUT2D eigenvalue weighted by molar-refractivity contribution is 6.00. The van der Waals surface area contributed by atoms with E-state index in [0.717, 1.165) is 0 Å². The Bertz CT molecular complexity index is 433. The Kier molecular flexibility index (Phi) is 5.63. The van der Waals surface area contributed by atoms with Crippen LogP contribution in [0.25, 0.3) is 0 Å². The average molecular weight is 265 g/mol. The van der Waals surface area contributed by atoms with Gasteiger partial charge in [0.1, 0.15) is 0 Å². The molecule has 5 N–H and O–H groups in total. The van der Waals surface area contributed by atoms with Crippen LogP contribution in [0.1, 0.15) is 37.6 Å². The third kappa shape index (κ3) is 4.79. The minimum Gasteiger partial charge on any atom is -0.399 e. The molecule has 0 fully saturated rings. The highest BCUT2D eigenvalue weighted by atomic mass is 16.3. The standard InChI is InChI=1S/C14H23N3O2/c1-4-16-14(19)12-6-5-11(15)8-13(12)17-9(2)7-10(3)18/h5-6,8-10,17-18H,4,7,15H2,1-3H3,(H,16,19). The maximum absolute atomic E-state index is 11.9. The lowest BCUT2D eigenvalue weighted by Gasteiger charge is -2.19. The van der Waals surface area contributed by atoms with Crippen LogP contribution in [-0.2, 0) is 0 Å². The maximum atomic E-state index is 11.9. The van der Waals surface area contributed by atoms with Crippen LogP contribution >= 0.6 is 0 Å². The summed E-state index contributed by atoms with van der Waals surface area (Å²) in [7, 11) is 0. The third-order valence-corrected chi connectivity index (χ3v) is 2.72. The molecule has 2 atom stereocenters. The number of nitrogen functional groups attached to an aromatic ring is 1. The monoisotopic (exact) mass is 265 g/mol. The van der Waals surface area contributed by atoms with Crippen LogP contribution in [0.2, 0.25) is 0 Å². The van der Waals surface area contributed by atoms with Crippen molar-refractivity contribution in [2.75, 3.05) is 17.6 Å². The Labute approximate surface area is 114 Å². The number of carbonyl (C=O) groups is 1. The second kappa shape index (κ2) is 6.99. The van der Waals surface area contributed by atoms with Crippen molar-refractivity contribution < 1.29 is 9.90 Å². The molecule has 1 aromatic rings. The molecule has 0 aliphatic carbocycles. The molecule has 1 amide bonds. The van der Waals surface area contributed by atoms with Crippen molar-refractivity contribution in [2.45, 2.75) is 39.3 Å². The van der Waals surface area contributed by atoms with E-state index in [2.05, 4.69) is 10.6 Å². The van der Waals surface area contributed by atoms with Gasteiger partial charge in [-0.15, -0.1) is 0 Å². The molecule has 0 aromatic heterocycles. The number of aliphatic hydroxyl groups excluding tert-OH is 1. The van der Waals surface area contributed by atoms with Crippen LogP contribution in [0.4, 0.5) is 11.4 Å². The fraction of sp³-hybridized carbons (Fsp3) is 0.500. The van der Waals surface area contributed by atoms with E-state index in [9.17, 15) is 9.90 Å². The average Bonchev–Trinajstić information content (AvgIpc) is 2.27. The molecular formula is C14H23N3O2. The van der Waals surface area contributed by atoms with Crippen LogP contribution in [0.5, 0.6) is 0 Å². The van der Waals surface area contributed by atoms with Crippen LogP contribution in [0.15, 0.2) is 18.2 Å². The molecule has 0 radical (unpaired) electrons. The van der Waals surface area contributed by atoms with Gasteiger partial charge in [-0.25, -0.2) is 0 Å². The van der Waals surface area contributed by atoms with Gasteiger partial charge in [0.05, 0.1) is 11.7 Å². The molecule has 0 aliphatic heterocycles. The third-order valence-electron chi connectivity index (χ3n) is 2.72. The number of hydrogen-bond donors (Lipinski definition) is 4. The van der Waals surface area contributed by atoms with E-state index >= 15 is 0 Å². The Hall–Kier alpha value is -1.75. The van der Waals surface area contributed by atoms with E-state index in [-0.39, 0.29) is 11.9 Å². The van der Waals surface area contributed by atoms with Crippen molar-refractivity contribution in [3.8, 4) is 0 Å². The summed E-state index contributed by atoms with van der Waals surface area (Å²) in [5.74, 6) is -0.130. The number of carbonyl (C=O) groups excluding carboxylic acids is 1. The Morgan fingerprint density at radius 3 is 2.68 bits per heavy atom. The number of hydrogen-bond acceptors (Lipinski definition) is 4. The van der Waals surface area contributed by atoms with Gasteiger partial charge in [0.15, 0.2) is 0 Å². The SMILES string of the molecule is CCNC(=O)c1ccc(N)cc1NC(C)CC(C)O. The molecule has 19 heavy (non-hydrogen) atoms. The zero-order valence-corrected chi connectivity index (χ0v) is 11.7. The molecule has 0 saturated carbocycles. The zero-order chi connectivity index (χ0) is 14.4. The van der Waals surface area contributed by atoms with Gasteiger partial charge < -0.3 is 21.5 Å². The van der Waals surface area contributed by atoms with Crippen molar-refractivity contribution in [2.24, 2.45) is 0 Å². The van der Waals surface area contributed by atoms with Crippen molar-refractivity contribution in [1.82, 2.24) is 5.32 Å². The van der Waals surface area contributed by atoms with E-state index in [1.54, 1.807) is 25.1 Å². The lowest BCUT2D eigenvalue weighted by atomic mass is 10.1. The van der Waals surface area contributed by atoms with Crippen molar-refractivity contribution in [3.05, 3.63) is 23.8 Å². The summed E-state index contributed by atoms with van der Waals surface area (Å²) in [5.41, 5.74) is 7.61. The quantitative estimate of drug-likeness (QED) is 0.588. The van der Waals surface area contributed by atoms with Crippen LogP contribution < -0.4 is 16.4 Å². The normalized spacial score (nSPS) is 13.7. The molecule has 5 nitrogen and oxygen atoms in total. The topological polar surface area (TPSA) is 87.4 Å². The van der Waals surface area contributed by atoms with E-state index < -0.39 is 6.10 Å². The fourth-order valence-electron chi connectivity index (χ4n) is 1.97. The number of amides is 1. The van der Waals surface area contributed by atoms with Crippen molar-refractivity contribution >= 4 is 17.3 Å². The van der Waals surface area contributed by atoms with Crippen LogP contribution in [-0.4, -0.2) is 29.7 Å². The first-order chi connectivity index (χ1) is 8.93. The lowest BCUT2D eigenvalue weighted by Crippen LogP contribution is -2.26. The van der Waals surface area contributed by atoms with Gasteiger partial charge in [-0.05, 0) is 45.4 Å². The van der Waals surface area contributed by atoms with Gasteiger partial charge in [-0.1, -0.05) is 0 Å². The van der Waals surface area contributed by atoms with Crippen molar-refractivity contribution in [3.63, 3.8) is 0 Å². The molecule has 5 heteroatoms. The highest BCUT2D eigenvalue weighted by Gasteiger charge is 2.13. The first kappa shape index (κ1) is 15.3. The van der Waals surface area contributed by atoms with Gasteiger partial charge >= 0.3 is 0 Å². The summed E-state index contributed by atoms with van der Waals surface area (Å²) in [4.78, 5) is 11.9. The van der Waals surface area contributed by atoms with Gasteiger partial charge in [0.25, 0.3) is 5.91 Å². The molecule has 106 valence electrons. The summed E-state index contributed by atoms with van der Waals surface area (Å²) >= 11 is 0. The van der Waals surface area contributed by atoms with Crippen LogP contribution in [0.3, 0.4) is 0 Å². The first-order valence-corrected chi connectivity index (χ1v) is 6.56. The minimum atomic E-state index is -0.392. The summed E-state index contributed by atoms with van der Waals surface area (Å²) in [6.45, 7) is 6.14. The summed E-state index contributed by atoms with van der Waals surface area (Å²) in [5, 5.41) is 15.4. The number of nitrogens with two attached hydrogens (primary N) is 1. The summed E-state index contributed by atoms with van der Waals surface area (Å²) < 4.78 is 0. The number of benzene rings is 1. The number of anilines is 2. The van der Waals surface area contributed by atoms with Crippen LogP contribution in [0, 0.1) is 0 Å². The largest absolute Gasteiger partial charge is 0.399 e. The van der Waals surface area contributed by atoms with E-state index in [1.165, 1.54) is 0 Å². The molecule has 0 aliphatic rings. The predicted molar refractivity (Wildman–Crippen MR) is 78.2 cm³/mol. The molecule has 2 unspecified atom stereocenters. The predicted octanol–water partition coefficient (Wildman–Crippen LogP) is 1.59. The molecular weight excluding hydrogens is 242 g/mol. The van der Waals surface area contributed by atoms with E-state index in [4.69, 9.17) is 5.73 Å². The summed E-state index contributed by atoms with van der Waals surface area (Å²) in [6.07, 6.45) is 0.209. The number of aliphatic hydroxyl groups is 1. The van der Waals surface area contributed by atoms with Gasteiger partial charge in [0, 0.05) is 24.0 Å². The van der Waals surface area contributed by atoms with Gasteiger partial charge in [0.2, 0.25) is 0 Å². The second-order valence-corrected chi connectivity index (χ2v) is 4.79. The fourth-order valence-corrected chi connectivity index (χ4v) is 1.97.